The first kappa shape index (κ1) is 19.0. The summed E-state index contributed by atoms with van der Waals surface area (Å²) < 4.78 is 1.25. The quantitative estimate of drug-likeness (QED) is 0.559. The Morgan fingerprint density at radius 3 is 2.74 bits per heavy atom. The van der Waals surface area contributed by atoms with E-state index >= 15 is 0 Å². The molecule has 154 valence electrons. The number of pyridine rings is 1. The van der Waals surface area contributed by atoms with Crippen LogP contribution >= 0.6 is 0 Å². The lowest BCUT2D eigenvalue weighted by Crippen LogP contribution is -2.39. The van der Waals surface area contributed by atoms with Crippen LogP contribution in [-0.2, 0) is 11.3 Å². The molecule has 4 heterocycles. The summed E-state index contributed by atoms with van der Waals surface area (Å²) in [5.41, 5.74) is 4.48. The van der Waals surface area contributed by atoms with Gasteiger partial charge in [-0.3, -0.25) is 9.59 Å². The minimum absolute atomic E-state index is 0.0698. The smallest absolute Gasteiger partial charge is 0.267 e. The molecule has 31 heavy (non-hydrogen) atoms. The van der Waals surface area contributed by atoms with Crippen LogP contribution in [0.5, 0.6) is 0 Å². The molecule has 0 unspecified atom stereocenters. The number of carbonyl (C=O) groups excluding carboxylic acids is 1. The molecular formula is C24H21N5O2. The molecule has 1 aromatic carbocycles. The van der Waals surface area contributed by atoms with E-state index in [1.54, 1.807) is 17.2 Å². The summed E-state index contributed by atoms with van der Waals surface area (Å²) in [7, 11) is 0. The molecule has 3 aromatic heterocycles. The van der Waals surface area contributed by atoms with E-state index < -0.39 is 0 Å². The number of aromatic amines is 1. The van der Waals surface area contributed by atoms with Crippen molar-refractivity contribution in [3.8, 4) is 11.3 Å². The van der Waals surface area contributed by atoms with Crippen molar-refractivity contribution in [3.63, 3.8) is 0 Å². The van der Waals surface area contributed by atoms with Gasteiger partial charge in [-0.15, -0.1) is 0 Å². The van der Waals surface area contributed by atoms with Gasteiger partial charge in [-0.25, -0.2) is 9.67 Å². The van der Waals surface area contributed by atoms with Crippen LogP contribution in [0.3, 0.4) is 0 Å². The van der Waals surface area contributed by atoms with Crippen LogP contribution in [0.1, 0.15) is 12.0 Å². The zero-order valence-corrected chi connectivity index (χ0v) is 16.9. The highest BCUT2D eigenvalue weighted by molar-refractivity contribution is 5.91. The number of amides is 1. The highest BCUT2D eigenvalue weighted by Crippen LogP contribution is 2.28. The highest BCUT2D eigenvalue weighted by Gasteiger charge is 2.20. The van der Waals surface area contributed by atoms with Crippen LogP contribution in [0.25, 0.3) is 27.9 Å². The van der Waals surface area contributed by atoms with Crippen molar-refractivity contribution in [1.29, 1.82) is 0 Å². The average Bonchev–Trinajstić information content (AvgIpc) is 3.25. The minimum atomic E-state index is -0.285. The number of carbonyl (C=O) groups is 1. The van der Waals surface area contributed by atoms with Crippen molar-refractivity contribution < 1.29 is 4.79 Å². The molecular weight excluding hydrogens is 390 g/mol. The molecule has 0 aliphatic carbocycles. The van der Waals surface area contributed by atoms with Gasteiger partial charge in [0.15, 0.2) is 0 Å². The van der Waals surface area contributed by atoms with Gasteiger partial charge in [0.05, 0.1) is 5.69 Å². The van der Waals surface area contributed by atoms with Crippen LogP contribution in [0, 0.1) is 0 Å². The van der Waals surface area contributed by atoms with Crippen LogP contribution in [0.2, 0.25) is 0 Å². The Hall–Kier alpha value is -4.00. The molecule has 0 saturated heterocycles. The molecule has 1 aliphatic heterocycles. The van der Waals surface area contributed by atoms with E-state index in [4.69, 9.17) is 0 Å². The second kappa shape index (κ2) is 8.02. The topological polar surface area (TPSA) is 83.9 Å². The van der Waals surface area contributed by atoms with Crippen LogP contribution in [0.15, 0.2) is 77.9 Å². The third-order valence-electron chi connectivity index (χ3n) is 5.58. The number of benzene rings is 1. The number of fused-ring (bicyclic) bond motifs is 1. The third-order valence-corrected chi connectivity index (χ3v) is 5.58. The molecule has 0 radical (unpaired) electrons. The zero-order chi connectivity index (χ0) is 21.2. The summed E-state index contributed by atoms with van der Waals surface area (Å²) in [6.45, 7) is 1.04. The Balaban J connectivity index is 1.32. The number of rotatable bonds is 4. The van der Waals surface area contributed by atoms with E-state index in [-0.39, 0.29) is 18.0 Å². The summed E-state index contributed by atoms with van der Waals surface area (Å²) in [6.07, 6.45) is 6.56. The van der Waals surface area contributed by atoms with E-state index in [0.717, 1.165) is 28.6 Å². The lowest BCUT2D eigenvalue weighted by atomic mass is 9.99. The minimum Gasteiger partial charge on any atom is -0.346 e. The van der Waals surface area contributed by atoms with Gasteiger partial charge < -0.3 is 9.88 Å². The van der Waals surface area contributed by atoms with Gasteiger partial charge in [-0.05, 0) is 30.2 Å². The van der Waals surface area contributed by atoms with Gasteiger partial charge in [0.2, 0.25) is 5.91 Å². The third kappa shape index (κ3) is 3.77. The maximum Gasteiger partial charge on any atom is 0.267 e. The molecule has 0 spiro atoms. The fourth-order valence-corrected chi connectivity index (χ4v) is 3.92. The van der Waals surface area contributed by atoms with Crippen molar-refractivity contribution in [3.05, 3.63) is 89.0 Å². The highest BCUT2D eigenvalue weighted by atomic mass is 16.2. The Morgan fingerprint density at radius 2 is 1.94 bits per heavy atom. The predicted molar refractivity (Wildman–Crippen MR) is 119 cm³/mol. The van der Waals surface area contributed by atoms with Gasteiger partial charge in [0, 0.05) is 48.1 Å². The number of nitrogens with zero attached hydrogens (tertiary/aromatic N) is 4. The first-order chi connectivity index (χ1) is 15.2. The summed E-state index contributed by atoms with van der Waals surface area (Å²) >= 11 is 0. The van der Waals surface area contributed by atoms with E-state index in [0.29, 0.717) is 18.8 Å². The Morgan fingerprint density at radius 1 is 1.06 bits per heavy atom. The predicted octanol–water partition coefficient (Wildman–Crippen LogP) is 3.10. The summed E-state index contributed by atoms with van der Waals surface area (Å²) in [4.78, 5) is 34.4. The van der Waals surface area contributed by atoms with Crippen molar-refractivity contribution >= 4 is 22.5 Å². The number of nitrogens with one attached hydrogen (secondary N) is 1. The molecule has 1 N–H and O–H groups in total. The van der Waals surface area contributed by atoms with E-state index in [2.05, 4.69) is 21.1 Å². The summed E-state index contributed by atoms with van der Waals surface area (Å²) in [5, 5.41) is 5.48. The maximum absolute atomic E-state index is 12.9. The lowest BCUT2D eigenvalue weighted by Gasteiger charge is -2.26. The van der Waals surface area contributed by atoms with Crippen molar-refractivity contribution in [1.82, 2.24) is 24.6 Å². The molecule has 0 atom stereocenters. The Labute approximate surface area is 178 Å². The SMILES string of the molecule is O=C(Cn1nc(-c2ccccc2)ccc1=O)N1CC=C(c2c[nH]c3ncccc23)CC1. The maximum atomic E-state index is 12.9. The molecule has 0 fully saturated rings. The van der Waals surface area contributed by atoms with Crippen LogP contribution in [0.4, 0.5) is 0 Å². The average molecular weight is 411 g/mol. The number of hydrogen-bond acceptors (Lipinski definition) is 4. The molecule has 0 bridgehead atoms. The number of aromatic nitrogens is 4. The molecule has 0 saturated carbocycles. The Kier molecular flexibility index (Phi) is 4.92. The largest absolute Gasteiger partial charge is 0.346 e. The van der Waals surface area contributed by atoms with Crippen LogP contribution in [-0.4, -0.2) is 43.6 Å². The van der Waals surface area contributed by atoms with E-state index in [1.807, 2.05) is 48.7 Å². The molecule has 4 aromatic rings. The van der Waals surface area contributed by atoms with Crippen LogP contribution < -0.4 is 5.56 Å². The van der Waals surface area contributed by atoms with Crippen molar-refractivity contribution in [2.45, 2.75) is 13.0 Å². The molecule has 7 nitrogen and oxygen atoms in total. The fraction of sp³-hybridized carbons (Fsp3) is 0.167. The van der Waals surface area contributed by atoms with Gasteiger partial charge in [-0.2, -0.15) is 5.10 Å². The van der Waals surface area contributed by atoms with Crippen molar-refractivity contribution in [2.75, 3.05) is 13.1 Å². The summed E-state index contributed by atoms with van der Waals surface area (Å²) in [6, 6.07) is 16.7. The van der Waals surface area contributed by atoms with Gasteiger partial charge >= 0.3 is 0 Å². The summed E-state index contributed by atoms with van der Waals surface area (Å²) in [5.74, 6) is -0.115. The molecule has 5 rings (SSSR count). The van der Waals surface area contributed by atoms with Crippen molar-refractivity contribution in [2.24, 2.45) is 0 Å². The fourth-order valence-electron chi connectivity index (χ4n) is 3.92. The first-order valence-electron chi connectivity index (χ1n) is 10.2. The normalized spacial score (nSPS) is 13.9. The molecule has 1 amide bonds. The molecule has 1 aliphatic rings. The van der Waals surface area contributed by atoms with Gasteiger partial charge in [0.1, 0.15) is 12.2 Å². The standard InChI is InChI=1S/C24H21N5O2/c30-22-9-8-21(18-5-2-1-3-6-18)27-29(22)16-23(31)28-13-10-17(11-14-28)20-15-26-24-19(20)7-4-12-25-24/h1-10,12,15H,11,13-14,16H2,(H,25,26). The lowest BCUT2D eigenvalue weighted by molar-refractivity contribution is -0.131. The first-order valence-corrected chi connectivity index (χ1v) is 10.2. The van der Waals surface area contributed by atoms with E-state index in [1.165, 1.54) is 16.3 Å². The number of H-pyrrole nitrogens is 1. The molecule has 7 heteroatoms. The van der Waals surface area contributed by atoms with Gasteiger partial charge in [-0.1, -0.05) is 36.4 Å². The second-order valence-electron chi connectivity index (χ2n) is 7.50. The van der Waals surface area contributed by atoms with Gasteiger partial charge in [0.25, 0.3) is 5.56 Å². The monoisotopic (exact) mass is 411 g/mol. The second-order valence-corrected chi connectivity index (χ2v) is 7.50. The Bertz CT molecular complexity index is 1340. The zero-order valence-electron chi connectivity index (χ0n) is 16.9. The number of hydrogen-bond donors (Lipinski definition) is 1. The van der Waals surface area contributed by atoms with E-state index in [9.17, 15) is 9.59 Å².